The quantitative estimate of drug-likeness (QED) is 0.310. The summed E-state index contributed by atoms with van der Waals surface area (Å²) in [5.41, 5.74) is 2.87. The summed E-state index contributed by atoms with van der Waals surface area (Å²) in [5.74, 6) is 0.576. The highest BCUT2D eigenvalue weighted by Gasteiger charge is 2.32. The van der Waals surface area contributed by atoms with Gasteiger partial charge in [-0.3, -0.25) is 13.9 Å². The number of aryl methyl sites for hydroxylation is 1. The Morgan fingerprint density at radius 3 is 2.20 bits per heavy atom. The van der Waals surface area contributed by atoms with Gasteiger partial charge in [0, 0.05) is 37.5 Å². The Morgan fingerprint density at radius 2 is 1.57 bits per heavy atom. The number of anilines is 1. The number of hydrogen-bond acceptors (Lipinski definition) is 6. The summed E-state index contributed by atoms with van der Waals surface area (Å²) in [4.78, 5) is 29.4. The van der Waals surface area contributed by atoms with E-state index < -0.39 is 21.6 Å². The molecule has 1 N–H and O–H groups in total. The first-order valence-electron chi connectivity index (χ1n) is 14.9. The highest BCUT2D eigenvalue weighted by molar-refractivity contribution is 7.92. The summed E-state index contributed by atoms with van der Waals surface area (Å²) in [6, 6.07) is 21.8. The molecule has 0 fully saturated rings. The van der Waals surface area contributed by atoms with Gasteiger partial charge in [-0.05, 0) is 57.4 Å². The van der Waals surface area contributed by atoms with Crippen molar-refractivity contribution in [3.8, 4) is 11.5 Å². The Balaban J connectivity index is 1.58. The standard InChI is InChI=1S/C34H43N3O6S/c1-25-13-15-27(16-14-25)24-36(29(33(39)35-34(2,3)4)22-26-10-7-6-8-11-26)32(38)12-9-19-37(44(5,40)41)28-17-18-30-31(23-28)43-21-20-42-30/h6-8,10-11,13-18,23,29H,9,12,19-22,24H2,1-5H3,(H,35,39)/t29-/m1/s1. The second-order valence-electron chi connectivity index (χ2n) is 12.2. The van der Waals surface area contributed by atoms with Gasteiger partial charge in [-0.25, -0.2) is 8.42 Å². The number of amides is 2. The van der Waals surface area contributed by atoms with E-state index in [2.05, 4.69) is 5.32 Å². The van der Waals surface area contributed by atoms with Crippen molar-refractivity contribution >= 4 is 27.5 Å². The zero-order chi connectivity index (χ0) is 31.9. The molecule has 0 bridgehead atoms. The smallest absolute Gasteiger partial charge is 0.243 e. The fraction of sp³-hybridized carbons (Fsp3) is 0.412. The second kappa shape index (κ2) is 14.2. The second-order valence-corrected chi connectivity index (χ2v) is 14.1. The average Bonchev–Trinajstić information content (AvgIpc) is 2.96. The number of benzene rings is 3. The van der Waals surface area contributed by atoms with Gasteiger partial charge in [-0.2, -0.15) is 0 Å². The number of fused-ring (bicyclic) bond motifs is 1. The molecule has 9 nitrogen and oxygen atoms in total. The highest BCUT2D eigenvalue weighted by Crippen LogP contribution is 2.35. The maximum atomic E-state index is 14.0. The Hall–Kier alpha value is -4.05. The van der Waals surface area contributed by atoms with Gasteiger partial charge < -0.3 is 19.7 Å². The van der Waals surface area contributed by atoms with Crippen LogP contribution in [0.4, 0.5) is 5.69 Å². The van der Waals surface area contributed by atoms with Crippen LogP contribution < -0.4 is 19.1 Å². The lowest BCUT2D eigenvalue weighted by Crippen LogP contribution is -2.54. The summed E-state index contributed by atoms with van der Waals surface area (Å²) in [6.07, 6.45) is 1.79. The molecular formula is C34H43N3O6S. The Bertz CT molecular complexity index is 1540. The summed E-state index contributed by atoms with van der Waals surface area (Å²) >= 11 is 0. The number of nitrogens with zero attached hydrogens (tertiary/aromatic N) is 2. The molecule has 1 aliphatic heterocycles. The zero-order valence-corrected chi connectivity index (χ0v) is 27.0. The topological polar surface area (TPSA) is 105 Å². The van der Waals surface area contributed by atoms with Crippen molar-refractivity contribution < 1.29 is 27.5 Å². The normalized spacial score (nSPS) is 13.6. The van der Waals surface area contributed by atoms with E-state index in [1.807, 2.05) is 82.3 Å². The van der Waals surface area contributed by atoms with E-state index in [-0.39, 0.29) is 37.7 Å². The van der Waals surface area contributed by atoms with Crippen molar-refractivity contribution in [3.05, 3.63) is 89.5 Å². The molecule has 0 radical (unpaired) electrons. The first kappa shape index (κ1) is 32.9. The van der Waals surface area contributed by atoms with E-state index >= 15 is 0 Å². The SMILES string of the molecule is Cc1ccc(CN(C(=O)CCCN(c2ccc3c(c2)OCCO3)S(C)(=O)=O)[C@H](Cc2ccccc2)C(=O)NC(C)(C)C)cc1. The van der Waals surface area contributed by atoms with Gasteiger partial charge in [0.25, 0.3) is 0 Å². The van der Waals surface area contributed by atoms with E-state index in [0.717, 1.165) is 22.9 Å². The molecule has 0 saturated heterocycles. The van der Waals surface area contributed by atoms with Crippen molar-refractivity contribution in [1.29, 1.82) is 0 Å². The molecule has 2 amide bonds. The number of nitrogens with one attached hydrogen (secondary N) is 1. The Morgan fingerprint density at radius 1 is 0.909 bits per heavy atom. The number of ether oxygens (including phenoxy) is 2. The van der Waals surface area contributed by atoms with Gasteiger partial charge in [-0.1, -0.05) is 60.2 Å². The predicted molar refractivity (Wildman–Crippen MR) is 172 cm³/mol. The fourth-order valence-electron chi connectivity index (χ4n) is 5.09. The van der Waals surface area contributed by atoms with Gasteiger partial charge in [-0.15, -0.1) is 0 Å². The summed E-state index contributed by atoms with van der Waals surface area (Å²) in [6.45, 7) is 8.87. The van der Waals surface area contributed by atoms with Crippen LogP contribution in [0, 0.1) is 6.92 Å². The van der Waals surface area contributed by atoms with Crippen molar-refractivity contribution in [2.45, 2.75) is 65.1 Å². The first-order valence-corrected chi connectivity index (χ1v) is 16.7. The van der Waals surface area contributed by atoms with E-state index in [9.17, 15) is 18.0 Å². The number of hydrogen-bond donors (Lipinski definition) is 1. The fourth-order valence-corrected chi connectivity index (χ4v) is 6.05. The molecular weight excluding hydrogens is 578 g/mol. The lowest BCUT2D eigenvalue weighted by Gasteiger charge is -2.34. The number of carbonyl (C=O) groups excluding carboxylic acids is 2. The van der Waals surface area contributed by atoms with Crippen LogP contribution in [0.15, 0.2) is 72.8 Å². The maximum absolute atomic E-state index is 14.0. The molecule has 0 spiro atoms. The van der Waals surface area contributed by atoms with Crippen LogP contribution >= 0.6 is 0 Å². The van der Waals surface area contributed by atoms with Crippen LogP contribution in [0.25, 0.3) is 0 Å². The van der Waals surface area contributed by atoms with Crippen molar-refractivity contribution in [1.82, 2.24) is 10.2 Å². The lowest BCUT2D eigenvalue weighted by molar-refractivity contribution is -0.142. The van der Waals surface area contributed by atoms with Crippen LogP contribution in [0.5, 0.6) is 11.5 Å². The van der Waals surface area contributed by atoms with Gasteiger partial charge in [0.1, 0.15) is 19.3 Å². The van der Waals surface area contributed by atoms with Crippen LogP contribution in [0.3, 0.4) is 0 Å². The van der Waals surface area contributed by atoms with Gasteiger partial charge in [0.2, 0.25) is 21.8 Å². The van der Waals surface area contributed by atoms with E-state index in [1.165, 1.54) is 4.31 Å². The molecule has 3 aromatic rings. The number of sulfonamides is 1. The average molecular weight is 622 g/mol. The molecule has 3 aromatic carbocycles. The third kappa shape index (κ3) is 9.22. The third-order valence-corrected chi connectivity index (χ3v) is 8.40. The Labute approximate surface area is 261 Å². The lowest BCUT2D eigenvalue weighted by atomic mass is 10.00. The minimum absolute atomic E-state index is 0.0521. The minimum atomic E-state index is -3.66. The molecule has 1 heterocycles. The molecule has 1 atom stereocenters. The minimum Gasteiger partial charge on any atom is -0.486 e. The highest BCUT2D eigenvalue weighted by atomic mass is 32.2. The first-order chi connectivity index (χ1) is 20.8. The largest absolute Gasteiger partial charge is 0.486 e. The summed E-state index contributed by atoms with van der Waals surface area (Å²) < 4.78 is 38.1. The molecule has 0 saturated carbocycles. The van der Waals surface area contributed by atoms with Crippen LogP contribution in [0.1, 0.15) is 50.3 Å². The third-order valence-electron chi connectivity index (χ3n) is 7.21. The molecule has 44 heavy (non-hydrogen) atoms. The summed E-state index contributed by atoms with van der Waals surface area (Å²) in [5, 5.41) is 3.07. The monoisotopic (exact) mass is 621 g/mol. The van der Waals surface area contributed by atoms with E-state index in [0.29, 0.717) is 36.8 Å². The predicted octanol–water partition coefficient (Wildman–Crippen LogP) is 4.87. The Kier molecular flexibility index (Phi) is 10.6. The molecule has 236 valence electrons. The number of carbonyl (C=O) groups is 2. The molecule has 0 aliphatic carbocycles. The zero-order valence-electron chi connectivity index (χ0n) is 26.2. The summed E-state index contributed by atoms with van der Waals surface area (Å²) in [7, 11) is -3.66. The van der Waals surface area contributed by atoms with Crippen LogP contribution in [-0.4, -0.2) is 62.7 Å². The molecule has 0 unspecified atom stereocenters. The molecule has 1 aliphatic rings. The van der Waals surface area contributed by atoms with E-state index in [1.54, 1.807) is 23.1 Å². The van der Waals surface area contributed by atoms with Gasteiger partial charge >= 0.3 is 0 Å². The van der Waals surface area contributed by atoms with Crippen molar-refractivity contribution in [2.75, 3.05) is 30.3 Å². The van der Waals surface area contributed by atoms with Gasteiger partial charge in [0.05, 0.1) is 11.9 Å². The van der Waals surface area contributed by atoms with Crippen molar-refractivity contribution in [2.24, 2.45) is 0 Å². The van der Waals surface area contributed by atoms with Crippen LogP contribution in [0.2, 0.25) is 0 Å². The van der Waals surface area contributed by atoms with Crippen LogP contribution in [-0.2, 0) is 32.6 Å². The molecule has 10 heteroatoms. The molecule has 4 rings (SSSR count). The molecule has 0 aromatic heterocycles. The maximum Gasteiger partial charge on any atom is 0.243 e. The van der Waals surface area contributed by atoms with Gasteiger partial charge in [0.15, 0.2) is 11.5 Å². The van der Waals surface area contributed by atoms with Crippen molar-refractivity contribution in [3.63, 3.8) is 0 Å². The number of rotatable bonds is 12. The van der Waals surface area contributed by atoms with E-state index in [4.69, 9.17) is 9.47 Å².